The number of ketones is 1. The van der Waals surface area contributed by atoms with E-state index in [9.17, 15) is 4.79 Å². The van der Waals surface area contributed by atoms with Crippen molar-refractivity contribution in [3.05, 3.63) is 65.5 Å². The van der Waals surface area contributed by atoms with E-state index in [1.807, 2.05) is 49.4 Å². The molecule has 0 fully saturated rings. The van der Waals surface area contributed by atoms with Gasteiger partial charge in [-0.1, -0.05) is 30.3 Å². The van der Waals surface area contributed by atoms with E-state index >= 15 is 0 Å². The Hall–Kier alpha value is -1.96. The van der Waals surface area contributed by atoms with Crippen molar-refractivity contribution in [2.45, 2.75) is 13.3 Å². The standard InChI is InChI=1S/C14H13NO/c1-11-7-8-15-13(9-11)14(16)10-12-5-3-2-4-6-12/h2-9H,10H2,1H3. The third-order valence-electron chi connectivity index (χ3n) is 2.41. The predicted octanol–water partition coefficient (Wildman–Crippen LogP) is 2.82. The maximum absolute atomic E-state index is 11.9. The molecule has 0 saturated carbocycles. The van der Waals surface area contributed by atoms with Crippen LogP contribution in [-0.2, 0) is 6.42 Å². The highest BCUT2D eigenvalue weighted by atomic mass is 16.1. The number of hydrogen-bond donors (Lipinski definition) is 0. The number of Topliss-reactive ketones (excluding diaryl/α,β-unsaturated/α-hetero) is 1. The molecule has 2 aromatic rings. The number of aryl methyl sites for hydroxylation is 1. The highest BCUT2D eigenvalue weighted by molar-refractivity contribution is 5.95. The molecule has 0 unspecified atom stereocenters. The Morgan fingerprint density at radius 2 is 1.94 bits per heavy atom. The maximum atomic E-state index is 11.9. The van der Waals surface area contributed by atoms with Gasteiger partial charge in [-0.3, -0.25) is 9.78 Å². The first-order valence-electron chi connectivity index (χ1n) is 5.25. The summed E-state index contributed by atoms with van der Waals surface area (Å²) in [4.78, 5) is 16.0. The first-order valence-corrected chi connectivity index (χ1v) is 5.25. The van der Waals surface area contributed by atoms with Crippen molar-refractivity contribution in [2.75, 3.05) is 0 Å². The number of carbonyl (C=O) groups is 1. The summed E-state index contributed by atoms with van der Waals surface area (Å²) in [5.41, 5.74) is 2.63. The first-order chi connectivity index (χ1) is 7.75. The highest BCUT2D eigenvalue weighted by Crippen LogP contribution is 2.06. The summed E-state index contributed by atoms with van der Waals surface area (Å²) < 4.78 is 0. The number of hydrogen-bond acceptors (Lipinski definition) is 2. The fraction of sp³-hybridized carbons (Fsp3) is 0.143. The lowest BCUT2D eigenvalue weighted by Gasteiger charge is -2.01. The van der Waals surface area contributed by atoms with E-state index in [0.29, 0.717) is 12.1 Å². The molecule has 0 amide bonds. The molecule has 1 heterocycles. The van der Waals surface area contributed by atoms with Crippen LogP contribution in [-0.4, -0.2) is 10.8 Å². The van der Waals surface area contributed by atoms with Crippen molar-refractivity contribution in [2.24, 2.45) is 0 Å². The van der Waals surface area contributed by atoms with Gasteiger partial charge in [0.05, 0.1) is 0 Å². The summed E-state index contributed by atoms with van der Waals surface area (Å²) in [7, 11) is 0. The van der Waals surface area contributed by atoms with Crippen LogP contribution in [0, 0.1) is 6.92 Å². The summed E-state index contributed by atoms with van der Waals surface area (Å²) in [6.45, 7) is 1.96. The molecular weight excluding hydrogens is 198 g/mol. The molecule has 0 saturated heterocycles. The molecule has 1 aromatic carbocycles. The van der Waals surface area contributed by atoms with Crippen LogP contribution in [0.5, 0.6) is 0 Å². The van der Waals surface area contributed by atoms with Crippen LogP contribution in [0.3, 0.4) is 0 Å². The largest absolute Gasteiger partial charge is 0.292 e. The smallest absolute Gasteiger partial charge is 0.185 e. The minimum Gasteiger partial charge on any atom is -0.292 e. The molecule has 0 spiro atoms. The van der Waals surface area contributed by atoms with Gasteiger partial charge in [0.1, 0.15) is 5.69 Å². The first kappa shape index (κ1) is 10.6. The van der Waals surface area contributed by atoms with Crippen molar-refractivity contribution in [1.82, 2.24) is 4.98 Å². The third kappa shape index (κ3) is 2.54. The van der Waals surface area contributed by atoms with Crippen LogP contribution in [0.4, 0.5) is 0 Å². The van der Waals surface area contributed by atoms with Crippen LogP contribution >= 0.6 is 0 Å². The average Bonchev–Trinajstić information content (AvgIpc) is 2.30. The van der Waals surface area contributed by atoms with Gasteiger partial charge in [-0.15, -0.1) is 0 Å². The van der Waals surface area contributed by atoms with Gasteiger partial charge in [0.25, 0.3) is 0 Å². The van der Waals surface area contributed by atoms with Gasteiger partial charge in [-0.05, 0) is 30.2 Å². The number of rotatable bonds is 3. The average molecular weight is 211 g/mol. The molecular formula is C14H13NO. The van der Waals surface area contributed by atoms with Crippen molar-refractivity contribution in [1.29, 1.82) is 0 Å². The lowest BCUT2D eigenvalue weighted by atomic mass is 10.1. The molecule has 2 nitrogen and oxygen atoms in total. The van der Waals surface area contributed by atoms with Crippen molar-refractivity contribution in [3.63, 3.8) is 0 Å². The lowest BCUT2D eigenvalue weighted by Crippen LogP contribution is -2.05. The fourth-order valence-electron chi connectivity index (χ4n) is 1.56. The van der Waals surface area contributed by atoms with E-state index in [1.165, 1.54) is 0 Å². The van der Waals surface area contributed by atoms with Crippen LogP contribution in [0.25, 0.3) is 0 Å². The van der Waals surface area contributed by atoms with Gasteiger partial charge >= 0.3 is 0 Å². The van der Waals surface area contributed by atoms with Crippen LogP contribution in [0.2, 0.25) is 0 Å². The molecule has 0 aliphatic carbocycles. The lowest BCUT2D eigenvalue weighted by molar-refractivity contribution is 0.0988. The normalized spacial score (nSPS) is 10.1. The van der Waals surface area contributed by atoms with E-state index in [1.54, 1.807) is 6.20 Å². The van der Waals surface area contributed by atoms with Gasteiger partial charge in [-0.25, -0.2) is 0 Å². The Morgan fingerprint density at radius 1 is 1.19 bits per heavy atom. The highest BCUT2D eigenvalue weighted by Gasteiger charge is 2.07. The zero-order chi connectivity index (χ0) is 11.4. The Kier molecular flexibility index (Phi) is 3.10. The molecule has 0 aliphatic rings. The van der Waals surface area contributed by atoms with Crippen LogP contribution < -0.4 is 0 Å². The second kappa shape index (κ2) is 4.71. The van der Waals surface area contributed by atoms with E-state index in [2.05, 4.69) is 4.98 Å². The van der Waals surface area contributed by atoms with Crippen molar-refractivity contribution >= 4 is 5.78 Å². The number of pyridine rings is 1. The molecule has 0 radical (unpaired) electrons. The number of aromatic nitrogens is 1. The van der Waals surface area contributed by atoms with Gasteiger partial charge < -0.3 is 0 Å². The third-order valence-corrected chi connectivity index (χ3v) is 2.41. The molecule has 16 heavy (non-hydrogen) atoms. The molecule has 0 aliphatic heterocycles. The topological polar surface area (TPSA) is 30.0 Å². The molecule has 1 aromatic heterocycles. The fourth-order valence-corrected chi connectivity index (χ4v) is 1.56. The zero-order valence-corrected chi connectivity index (χ0v) is 9.18. The Labute approximate surface area is 95.0 Å². The molecule has 0 bridgehead atoms. The molecule has 0 N–H and O–H groups in total. The minimum atomic E-state index is 0.0647. The second-order valence-corrected chi connectivity index (χ2v) is 3.80. The maximum Gasteiger partial charge on any atom is 0.185 e. The summed E-state index contributed by atoms with van der Waals surface area (Å²) in [5, 5.41) is 0. The van der Waals surface area contributed by atoms with Gasteiger partial charge in [0.2, 0.25) is 0 Å². The Balaban J connectivity index is 2.15. The molecule has 2 rings (SSSR count). The minimum absolute atomic E-state index is 0.0647. The number of carbonyl (C=O) groups excluding carboxylic acids is 1. The Morgan fingerprint density at radius 3 is 2.62 bits per heavy atom. The SMILES string of the molecule is Cc1ccnc(C(=O)Cc2ccccc2)c1. The van der Waals surface area contributed by atoms with Gasteiger partial charge in [0.15, 0.2) is 5.78 Å². The summed E-state index contributed by atoms with van der Waals surface area (Å²) in [6.07, 6.45) is 2.09. The van der Waals surface area contributed by atoms with Gasteiger partial charge in [-0.2, -0.15) is 0 Å². The zero-order valence-electron chi connectivity index (χ0n) is 9.18. The Bertz CT molecular complexity index is 491. The molecule has 0 atom stereocenters. The summed E-state index contributed by atoms with van der Waals surface area (Å²) in [6, 6.07) is 13.4. The van der Waals surface area contributed by atoms with Crippen molar-refractivity contribution in [3.8, 4) is 0 Å². The van der Waals surface area contributed by atoms with E-state index in [0.717, 1.165) is 11.1 Å². The van der Waals surface area contributed by atoms with Crippen LogP contribution in [0.15, 0.2) is 48.7 Å². The monoisotopic (exact) mass is 211 g/mol. The van der Waals surface area contributed by atoms with E-state index in [-0.39, 0.29) is 5.78 Å². The second-order valence-electron chi connectivity index (χ2n) is 3.80. The van der Waals surface area contributed by atoms with E-state index in [4.69, 9.17) is 0 Å². The number of benzene rings is 1. The molecule has 2 heteroatoms. The van der Waals surface area contributed by atoms with Gasteiger partial charge in [0, 0.05) is 12.6 Å². The summed E-state index contributed by atoms with van der Waals surface area (Å²) in [5.74, 6) is 0.0647. The number of nitrogens with zero attached hydrogens (tertiary/aromatic N) is 1. The predicted molar refractivity (Wildman–Crippen MR) is 63.5 cm³/mol. The van der Waals surface area contributed by atoms with Crippen molar-refractivity contribution < 1.29 is 4.79 Å². The van der Waals surface area contributed by atoms with Crippen LogP contribution in [0.1, 0.15) is 21.6 Å². The summed E-state index contributed by atoms with van der Waals surface area (Å²) >= 11 is 0. The van der Waals surface area contributed by atoms with E-state index < -0.39 is 0 Å². The molecule has 80 valence electrons. The quantitative estimate of drug-likeness (QED) is 0.731.